The van der Waals surface area contributed by atoms with Crippen LogP contribution in [0.5, 0.6) is 0 Å². The van der Waals surface area contributed by atoms with Crippen molar-refractivity contribution in [3.05, 3.63) is 58.9 Å². The van der Waals surface area contributed by atoms with E-state index in [9.17, 15) is 26.2 Å². The molecule has 3 rings (SSSR count). The van der Waals surface area contributed by atoms with E-state index in [0.29, 0.717) is 17.3 Å². The quantitative estimate of drug-likeness (QED) is 0.299. The van der Waals surface area contributed by atoms with E-state index in [1.165, 1.54) is 6.07 Å². The summed E-state index contributed by atoms with van der Waals surface area (Å²) in [4.78, 5) is 10.8. The fourth-order valence-electron chi connectivity index (χ4n) is 2.61. The summed E-state index contributed by atoms with van der Waals surface area (Å²) in [5, 5.41) is 5.67. The minimum atomic E-state index is -4.91. The molecule has 0 bridgehead atoms. The van der Waals surface area contributed by atoms with E-state index in [2.05, 4.69) is 10.4 Å². The molecule has 0 amide bonds. The maximum atomic E-state index is 12.4. The Morgan fingerprint density at radius 1 is 0.933 bits per heavy atom. The molecule has 30 heavy (non-hydrogen) atoms. The zero-order valence-electron chi connectivity index (χ0n) is 14.3. The average Bonchev–Trinajstić information content (AvgIpc) is 3.01. The van der Waals surface area contributed by atoms with E-state index in [1.807, 2.05) is 6.07 Å². The van der Waals surface area contributed by atoms with Gasteiger partial charge in [0.05, 0.1) is 16.3 Å². The molecule has 0 aliphatic heterocycles. The Balaban J connectivity index is 0.00000225. The van der Waals surface area contributed by atoms with Crippen LogP contribution in [0, 0.1) is 0 Å². The van der Waals surface area contributed by atoms with Crippen molar-refractivity contribution >= 4 is 85.0 Å². The summed E-state index contributed by atoms with van der Waals surface area (Å²) in [5.74, 6) is 0. The number of nitrogens with one attached hydrogen (secondary N) is 2. The fraction of sp³-hybridized carbons (Fsp3) is 0.0625. The molecule has 3 aromatic rings. The third kappa shape index (κ3) is 5.85. The molecule has 0 aliphatic rings. The van der Waals surface area contributed by atoms with Gasteiger partial charge in [-0.2, -0.15) is 16.8 Å². The first-order chi connectivity index (χ1) is 13.0. The summed E-state index contributed by atoms with van der Waals surface area (Å²) in [6, 6.07) is 10.7. The van der Waals surface area contributed by atoms with E-state index >= 15 is 0 Å². The topological polar surface area (TPSA) is 159 Å². The predicted octanol–water partition coefficient (Wildman–Crippen LogP) is 0.0707. The molecule has 1 aromatic heterocycles. The Kier molecular flexibility index (Phi) is 9.15. The molecule has 0 aliphatic carbocycles. The first-order valence-corrected chi connectivity index (χ1v) is 10.6. The van der Waals surface area contributed by atoms with Crippen LogP contribution in [0.2, 0.25) is 0 Å². The Labute approximate surface area is 216 Å². The van der Waals surface area contributed by atoms with Crippen molar-refractivity contribution in [2.24, 2.45) is 0 Å². The number of benzene rings is 2. The Hall–Kier alpha value is -0.930. The summed E-state index contributed by atoms with van der Waals surface area (Å²) >= 11 is 0. The van der Waals surface area contributed by atoms with Gasteiger partial charge in [-0.05, 0) is 30.3 Å². The fourth-order valence-corrected chi connectivity index (χ4v) is 3.89. The third-order valence-corrected chi connectivity index (χ3v) is 5.66. The van der Waals surface area contributed by atoms with E-state index < -0.39 is 35.6 Å². The predicted molar refractivity (Wildman–Crippen MR) is 115 cm³/mol. The van der Waals surface area contributed by atoms with Crippen LogP contribution in [0.25, 0.3) is 16.9 Å². The van der Waals surface area contributed by atoms with Gasteiger partial charge >= 0.3 is 59.1 Å². The Morgan fingerprint density at radius 2 is 1.60 bits per heavy atom. The van der Waals surface area contributed by atoms with Crippen LogP contribution in [-0.2, 0) is 20.2 Å². The van der Waals surface area contributed by atoms with Gasteiger partial charge in [0.25, 0.3) is 25.8 Å². The molecule has 1 heterocycles. The molecule has 0 radical (unpaired) electrons. The normalized spacial score (nSPS) is 11.3. The summed E-state index contributed by atoms with van der Waals surface area (Å²) < 4.78 is 65.4. The van der Waals surface area contributed by atoms with Crippen LogP contribution < -0.4 is 10.9 Å². The van der Waals surface area contributed by atoms with Gasteiger partial charge in [0, 0.05) is 24.4 Å². The van der Waals surface area contributed by atoms with Crippen LogP contribution >= 0.6 is 0 Å². The van der Waals surface area contributed by atoms with Crippen molar-refractivity contribution in [1.82, 2.24) is 9.78 Å². The molecule has 2 aromatic carbocycles. The number of nitrogens with zero attached hydrogens (tertiary/aromatic N) is 1. The number of aromatic amines is 1. The van der Waals surface area contributed by atoms with Crippen molar-refractivity contribution in [1.29, 1.82) is 0 Å². The van der Waals surface area contributed by atoms with Gasteiger partial charge < -0.3 is 5.32 Å². The van der Waals surface area contributed by atoms with Crippen molar-refractivity contribution in [2.45, 2.75) is 9.79 Å². The summed E-state index contributed by atoms with van der Waals surface area (Å²) in [6.07, 6.45) is 0. The standard InChI is InChI=1S/C16H15N3O7S2.2Na.2H/c1-17-11-4-2-3-10(7-11)13-9-16(20)19(18-13)14-6-5-12(27(21,22)23)8-15(14)28(24,25)26;;;;/h2-9,17-18H,1H3,(H,21,22,23)(H,24,25,26);;;;. The number of anilines is 1. The SMILES string of the molecule is CNc1cccc(-c2cc(=O)n(-c3ccc(S(=O)(=O)O)cc3S(=O)(=O)O)[nH]2)c1.[NaH].[NaH]. The zero-order chi connectivity index (χ0) is 20.7. The van der Waals surface area contributed by atoms with Crippen LogP contribution in [0.15, 0.2) is 63.1 Å². The number of hydrogen-bond donors (Lipinski definition) is 4. The van der Waals surface area contributed by atoms with Crippen molar-refractivity contribution in [3.63, 3.8) is 0 Å². The molecule has 10 nitrogen and oxygen atoms in total. The van der Waals surface area contributed by atoms with Gasteiger partial charge in [0.2, 0.25) is 0 Å². The third-order valence-electron chi connectivity index (χ3n) is 3.93. The molecule has 0 fully saturated rings. The van der Waals surface area contributed by atoms with Crippen molar-refractivity contribution in [3.8, 4) is 16.9 Å². The van der Waals surface area contributed by atoms with Gasteiger partial charge in [-0.1, -0.05) is 12.1 Å². The molecule has 152 valence electrons. The molecule has 0 spiro atoms. The monoisotopic (exact) mass is 473 g/mol. The summed E-state index contributed by atoms with van der Waals surface area (Å²) in [6.45, 7) is 0. The summed E-state index contributed by atoms with van der Waals surface area (Å²) in [5.41, 5.74) is 0.820. The van der Waals surface area contributed by atoms with Gasteiger partial charge in [-0.15, -0.1) is 0 Å². The number of hydrogen-bond acceptors (Lipinski definition) is 6. The molecule has 4 N–H and O–H groups in total. The van der Waals surface area contributed by atoms with Gasteiger partial charge in [-0.3, -0.25) is 19.0 Å². The van der Waals surface area contributed by atoms with Crippen molar-refractivity contribution < 1.29 is 25.9 Å². The Morgan fingerprint density at radius 3 is 2.17 bits per heavy atom. The summed E-state index contributed by atoms with van der Waals surface area (Å²) in [7, 11) is -7.91. The average molecular weight is 473 g/mol. The van der Waals surface area contributed by atoms with Gasteiger partial charge in [0.15, 0.2) is 0 Å². The first-order valence-electron chi connectivity index (χ1n) is 7.70. The molecule has 0 saturated carbocycles. The molecular formula is C16H17N3Na2O7S2. The van der Waals surface area contributed by atoms with E-state index in [0.717, 1.165) is 22.5 Å². The minimum absolute atomic E-state index is 0. The van der Waals surface area contributed by atoms with Gasteiger partial charge in [0.1, 0.15) is 4.90 Å². The van der Waals surface area contributed by atoms with Crippen molar-refractivity contribution in [2.75, 3.05) is 12.4 Å². The number of aromatic nitrogens is 2. The van der Waals surface area contributed by atoms with Crippen LogP contribution in [0.4, 0.5) is 5.69 Å². The zero-order valence-corrected chi connectivity index (χ0v) is 16.0. The van der Waals surface area contributed by atoms with E-state index in [1.54, 1.807) is 25.2 Å². The van der Waals surface area contributed by atoms with Crippen LogP contribution in [0.1, 0.15) is 0 Å². The van der Waals surface area contributed by atoms with Crippen LogP contribution in [-0.4, -0.2) is 102 Å². The molecule has 0 unspecified atom stereocenters. The Bertz CT molecular complexity index is 1330. The molecule has 14 heteroatoms. The molecule has 0 saturated heterocycles. The number of rotatable bonds is 5. The molecule has 0 atom stereocenters. The first kappa shape index (κ1) is 27.1. The maximum absolute atomic E-state index is 12.4. The van der Waals surface area contributed by atoms with Gasteiger partial charge in [-0.25, -0.2) is 4.68 Å². The van der Waals surface area contributed by atoms with E-state index in [-0.39, 0.29) is 64.8 Å². The number of H-pyrrole nitrogens is 1. The van der Waals surface area contributed by atoms with E-state index in [4.69, 9.17) is 4.55 Å². The van der Waals surface area contributed by atoms with Crippen LogP contribution in [0.3, 0.4) is 0 Å². The second kappa shape index (κ2) is 10.1. The molecular weight excluding hydrogens is 456 g/mol. The second-order valence-electron chi connectivity index (χ2n) is 5.75. The second-order valence-corrected chi connectivity index (χ2v) is 8.57.